The number of carboxylic acid groups (broad SMARTS) is 1. The molecule has 0 aliphatic carbocycles. The topological polar surface area (TPSA) is 76.1 Å². The van der Waals surface area contributed by atoms with Gasteiger partial charge >= 0.3 is 5.97 Å². The molecule has 156 valence electrons. The Labute approximate surface area is 184 Å². The minimum Gasteiger partial charge on any atom is -0.493 e. The Bertz CT molecular complexity index is 1020. The smallest absolute Gasteiger partial charge is 0.305 e. The third-order valence-electron chi connectivity index (χ3n) is 4.39. The normalized spacial score (nSPS) is 15.0. The number of rotatable bonds is 8. The van der Waals surface area contributed by atoms with Gasteiger partial charge in [-0.1, -0.05) is 59.9 Å². The predicted octanol–water partition coefficient (Wildman–Crippen LogP) is 4.26. The van der Waals surface area contributed by atoms with Gasteiger partial charge in [0, 0.05) is 6.54 Å². The van der Waals surface area contributed by atoms with Crippen molar-refractivity contribution < 1.29 is 24.2 Å². The molecule has 1 heterocycles. The molecule has 0 radical (unpaired) electrons. The van der Waals surface area contributed by atoms with Gasteiger partial charge in [0.15, 0.2) is 11.5 Å². The first kappa shape index (κ1) is 21.9. The summed E-state index contributed by atoms with van der Waals surface area (Å²) in [6.45, 7) is 2.51. The fourth-order valence-corrected chi connectivity index (χ4v) is 4.22. The average Bonchev–Trinajstić information content (AvgIpc) is 2.97. The summed E-state index contributed by atoms with van der Waals surface area (Å²) in [5, 5.41) is 8.83. The first-order valence-corrected chi connectivity index (χ1v) is 10.4. The van der Waals surface area contributed by atoms with Crippen molar-refractivity contribution in [2.45, 2.75) is 20.0 Å². The van der Waals surface area contributed by atoms with E-state index >= 15 is 0 Å². The number of ether oxygens (including phenoxy) is 2. The van der Waals surface area contributed by atoms with E-state index in [0.29, 0.717) is 27.3 Å². The second kappa shape index (κ2) is 9.77. The van der Waals surface area contributed by atoms with Crippen LogP contribution in [-0.2, 0) is 16.2 Å². The summed E-state index contributed by atoms with van der Waals surface area (Å²) < 4.78 is 11.7. The van der Waals surface area contributed by atoms with Gasteiger partial charge in [-0.2, -0.15) is 0 Å². The molecule has 30 heavy (non-hydrogen) atoms. The monoisotopic (exact) mass is 443 g/mol. The number of benzene rings is 2. The molecular weight excluding hydrogens is 422 g/mol. The van der Waals surface area contributed by atoms with Gasteiger partial charge in [-0.25, -0.2) is 0 Å². The van der Waals surface area contributed by atoms with Crippen LogP contribution in [0.4, 0.5) is 0 Å². The molecule has 1 amide bonds. The van der Waals surface area contributed by atoms with Crippen molar-refractivity contribution in [2.75, 3.05) is 13.7 Å². The second-order valence-electron chi connectivity index (χ2n) is 6.67. The summed E-state index contributed by atoms with van der Waals surface area (Å²) in [6, 6.07) is 13.5. The number of hydrogen-bond donors (Lipinski definition) is 1. The van der Waals surface area contributed by atoms with Gasteiger partial charge < -0.3 is 14.6 Å². The fourth-order valence-electron chi connectivity index (χ4n) is 2.91. The van der Waals surface area contributed by atoms with E-state index in [1.54, 1.807) is 25.3 Å². The highest BCUT2D eigenvalue weighted by atomic mass is 32.2. The van der Waals surface area contributed by atoms with Crippen molar-refractivity contribution in [2.24, 2.45) is 0 Å². The second-order valence-corrected chi connectivity index (χ2v) is 8.34. The maximum absolute atomic E-state index is 12.5. The van der Waals surface area contributed by atoms with Gasteiger partial charge in [0.2, 0.25) is 0 Å². The van der Waals surface area contributed by atoms with E-state index < -0.39 is 5.97 Å². The van der Waals surface area contributed by atoms with Crippen molar-refractivity contribution >= 4 is 46.3 Å². The largest absolute Gasteiger partial charge is 0.493 e. The van der Waals surface area contributed by atoms with Crippen molar-refractivity contribution in [3.63, 3.8) is 0 Å². The molecule has 3 rings (SSSR count). The van der Waals surface area contributed by atoms with Gasteiger partial charge in [-0.05, 0) is 36.3 Å². The zero-order valence-electron chi connectivity index (χ0n) is 16.6. The molecule has 0 aromatic heterocycles. The molecule has 1 saturated heterocycles. The summed E-state index contributed by atoms with van der Waals surface area (Å²) in [6.07, 6.45) is 1.56. The minimum atomic E-state index is -0.973. The predicted molar refractivity (Wildman–Crippen MR) is 121 cm³/mol. The van der Waals surface area contributed by atoms with E-state index in [-0.39, 0.29) is 18.9 Å². The minimum absolute atomic E-state index is 0.0619. The van der Waals surface area contributed by atoms with Crippen LogP contribution in [0.1, 0.15) is 23.1 Å². The fraction of sp³-hybridized carbons (Fsp3) is 0.227. The number of aryl methyl sites for hydroxylation is 1. The van der Waals surface area contributed by atoms with E-state index in [9.17, 15) is 9.59 Å². The van der Waals surface area contributed by atoms with Crippen molar-refractivity contribution in [1.82, 2.24) is 4.90 Å². The third-order valence-corrected chi connectivity index (χ3v) is 5.76. The standard InChI is InChI=1S/C22H21NO5S2/c1-14-4-3-5-16(10-14)13-28-17-7-6-15(11-18(17)27-2)12-19-21(26)23(22(29)30-19)9-8-20(24)25/h3-7,10-12H,8-9,13H2,1-2H3,(H,24,25)/b19-12+. The first-order chi connectivity index (χ1) is 14.4. The Morgan fingerprint density at radius 1 is 1.23 bits per heavy atom. The molecule has 1 aliphatic rings. The molecule has 0 saturated carbocycles. The van der Waals surface area contributed by atoms with Crippen LogP contribution in [0.25, 0.3) is 6.08 Å². The van der Waals surface area contributed by atoms with Crippen LogP contribution in [0.15, 0.2) is 47.4 Å². The van der Waals surface area contributed by atoms with Crippen LogP contribution in [0.5, 0.6) is 11.5 Å². The Morgan fingerprint density at radius 3 is 2.73 bits per heavy atom. The quantitative estimate of drug-likeness (QED) is 0.483. The molecule has 1 N–H and O–H groups in total. The number of methoxy groups -OCH3 is 1. The van der Waals surface area contributed by atoms with Crippen molar-refractivity contribution in [1.29, 1.82) is 0 Å². The molecule has 6 nitrogen and oxygen atoms in total. The van der Waals surface area contributed by atoms with Gasteiger partial charge in [0.25, 0.3) is 5.91 Å². The van der Waals surface area contributed by atoms with Gasteiger partial charge in [-0.3, -0.25) is 14.5 Å². The number of carbonyl (C=O) groups excluding carboxylic acids is 1. The molecule has 1 aliphatic heterocycles. The lowest BCUT2D eigenvalue weighted by Crippen LogP contribution is -2.30. The number of thiocarbonyl (C=S) groups is 1. The van der Waals surface area contributed by atoms with Crippen LogP contribution < -0.4 is 9.47 Å². The molecule has 8 heteroatoms. The van der Waals surface area contributed by atoms with E-state index in [0.717, 1.165) is 22.9 Å². The molecule has 1 fully saturated rings. The van der Waals surface area contributed by atoms with Gasteiger partial charge in [-0.15, -0.1) is 0 Å². The van der Waals surface area contributed by atoms with Gasteiger partial charge in [0.05, 0.1) is 18.4 Å². The van der Waals surface area contributed by atoms with Gasteiger partial charge in [0.1, 0.15) is 10.9 Å². The zero-order valence-corrected chi connectivity index (χ0v) is 18.2. The number of nitrogens with zero attached hydrogens (tertiary/aromatic N) is 1. The van der Waals surface area contributed by atoms with Crippen LogP contribution in [-0.4, -0.2) is 39.9 Å². The lowest BCUT2D eigenvalue weighted by molar-refractivity contribution is -0.137. The van der Waals surface area contributed by atoms with E-state index in [4.69, 9.17) is 26.8 Å². The number of carbonyl (C=O) groups is 2. The number of aliphatic carboxylic acids is 1. The highest BCUT2D eigenvalue weighted by Crippen LogP contribution is 2.35. The number of amides is 1. The summed E-state index contributed by atoms with van der Waals surface area (Å²) in [5.74, 6) is -0.105. The third kappa shape index (κ3) is 5.40. The molecule has 0 spiro atoms. The maximum atomic E-state index is 12.5. The Hall–Kier alpha value is -2.84. The molecule has 2 aromatic rings. The average molecular weight is 444 g/mol. The molecule has 0 atom stereocenters. The van der Waals surface area contributed by atoms with Crippen molar-refractivity contribution in [3.8, 4) is 11.5 Å². The molecule has 0 bridgehead atoms. The van der Waals surface area contributed by atoms with Crippen molar-refractivity contribution in [3.05, 3.63) is 64.1 Å². The SMILES string of the molecule is COc1cc(/C=C2/SC(=S)N(CCC(=O)O)C2=O)ccc1OCc1cccc(C)c1. The first-order valence-electron chi connectivity index (χ1n) is 9.21. The Kier molecular flexibility index (Phi) is 7.12. The number of thioether (sulfide) groups is 1. The van der Waals surface area contributed by atoms with Crippen LogP contribution in [0.2, 0.25) is 0 Å². The summed E-state index contributed by atoms with van der Waals surface area (Å²) in [5.41, 5.74) is 2.98. The van der Waals surface area contributed by atoms with E-state index in [1.807, 2.05) is 31.2 Å². The van der Waals surface area contributed by atoms with E-state index in [2.05, 4.69) is 6.07 Å². The number of carboxylic acids is 1. The maximum Gasteiger partial charge on any atom is 0.305 e. The zero-order chi connectivity index (χ0) is 21.7. The molecular formula is C22H21NO5S2. The molecule has 0 unspecified atom stereocenters. The Morgan fingerprint density at radius 2 is 2.03 bits per heavy atom. The number of hydrogen-bond acceptors (Lipinski definition) is 6. The summed E-state index contributed by atoms with van der Waals surface area (Å²) >= 11 is 6.37. The Balaban J connectivity index is 1.73. The highest BCUT2D eigenvalue weighted by molar-refractivity contribution is 8.26. The van der Waals surface area contributed by atoms with E-state index in [1.165, 1.54) is 10.5 Å². The highest BCUT2D eigenvalue weighted by Gasteiger charge is 2.32. The van der Waals surface area contributed by atoms with Crippen LogP contribution in [0, 0.1) is 6.92 Å². The van der Waals surface area contributed by atoms with Crippen LogP contribution in [0.3, 0.4) is 0 Å². The lowest BCUT2D eigenvalue weighted by atomic mass is 10.1. The van der Waals surface area contributed by atoms with Crippen LogP contribution >= 0.6 is 24.0 Å². The lowest BCUT2D eigenvalue weighted by Gasteiger charge is -2.12. The molecule has 2 aromatic carbocycles. The summed E-state index contributed by atoms with van der Waals surface area (Å²) in [7, 11) is 1.56. The summed E-state index contributed by atoms with van der Waals surface area (Å²) in [4.78, 5) is 25.1.